The molecule has 1 aliphatic rings. The second kappa shape index (κ2) is 6.58. The highest BCUT2D eigenvalue weighted by Gasteiger charge is 2.34. The van der Waals surface area contributed by atoms with E-state index in [2.05, 4.69) is 0 Å². The summed E-state index contributed by atoms with van der Waals surface area (Å²) in [6.07, 6.45) is 0. The van der Waals surface area contributed by atoms with Crippen LogP contribution in [0.4, 0.5) is 0 Å². The summed E-state index contributed by atoms with van der Waals surface area (Å²) in [4.78, 5) is 25.9. The van der Waals surface area contributed by atoms with Crippen molar-refractivity contribution in [3.63, 3.8) is 0 Å². The molecule has 0 aliphatic carbocycles. The Bertz CT molecular complexity index is 543. The molecule has 6 nitrogen and oxygen atoms in total. The van der Waals surface area contributed by atoms with Gasteiger partial charge in [-0.05, 0) is 24.6 Å². The summed E-state index contributed by atoms with van der Waals surface area (Å²) >= 11 is 0. The molecule has 2 rings (SSSR count). The number of nitrogens with zero attached hydrogens (tertiary/aromatic N) is 1. The summed E-state index contributed by atoms with van der Waals surface area (Å²) in [7, 11) is 2.86. The third kappa shape index (κ3) is 3.16. The van der Waals surface area contributed by atoms with Gasteiger partial charge in [-0.2, -0.15) is 0 Å². The number of carbonyl (C=O) groups is 2. The summed E-state index contributed by atoms with van der Waals surface area (Å²) in [5.74, 6) is -0.0575. The fourth-order valence-electron chi connectivity index (χ4n) is 2.30. The lowest BCUT2D eigenvalue weighted by Gasteiger charge is -2.33. The van der Waals surface area contributed by atoms with Crippen molar-refractivity contribution in [2.24, 2.45) is 0 Å². The van der Waals surface area contributed by atoms with Crippen LogP contribution >= 0.6 is 0 Å². The van der Waals surface area contributed by atoms with Crippen LogP contribution in [0.3, 0.4) is 0 Å². The summed E-state index contributed by atoms with van der Waals surface area (Å²) in [6.45, 7) is 2.82. The summed E-state index contributed by atoms with van der Waals surface area (Å²) < 4.78 is 15.2. The molecule has 0 bridgehead atoms. The molecule has 1 fully saturated rings. The first-order chi connectivity index (χ1) is 10.1. The number of benzene rings is 1. The number of ether oxygens (including phenoxy) is 3. The van der Waals surface area contributed by atoms with Crippen molar-refractivity contribution < 1.29 is 23.8 Å². The van der Waals surface area contributed by atoms with E-state index in [-0.39, 0.29) is 12.5 Å². The Balaban J connectivity index is 2.26. The molecular weight excluding hydrogens is 274 g/mol. The van der Waals surface area contributed by atoms with Crippen LogP contribution < -0.4 is 4.74 Å². The predicted octanol–water partition coefficient (Wildman–Crippen LogP) is 1.02. The van der Waals surface area contributed by atoms with Crippen LogP contribution in [-0.4, -0.2) is 56.8 Å². The van der Waals surface area contributed by atoms with Gasteiger partial charge in [0.1, 0.15) is 5.75 Å². The molecule has 1 aromatic carbocycles. The molecule has 21 heavy (non-hydrogen) atoms. The lowest BCUT2D eigenvalue weighted by Crippen LogP contribution is -2.53. The smallest absolute Gasteiger partial charge is 0.331 e. The first kappa shape index (κ1) is 15.3. The van der Waals surface area contributed by atoms with Crippen molar-refractivity contribution in [1.29, 1.82) is 0 Å². The second-order valence-electron chi connectivity index (χ2n) is 4.80. The van der Waals surface area contributed by atoms with Crippen molar-refractivity contribution in [2.75, 3.05) is 34.0 Å². The minimum atomic E-state index is -0.705. The molecule has 114 valence electrons. The zero-order chi connectivity index (χ0) is 15.4. The van der Waals surface area contributed by atoms with Crippen molar-refractivity contribution in [3.05, 3.63) is 29.3 Å². The SMILES string of the molecule is COC(=O)C1COCCN1C(=O)c1ccc(C)c(OC)c1. The van der Waals surface area contributed by atoms with E-state index in [1.807, 2.05) is 13.0 Å². The van der Waals surface area contributed by atoms with Gasteiger partial charge in [0.15, 0.2) is 6.04 Å². The van der Waals surface area contributed by atoms with E-state index in [0.717, 1.165) is 5.56 Å². The number of carbonyl (C=O) groups excluding carboxylic acids is 2. The number of rotatable bonds is 3. The van der Waals surface area contributed by atoms with Crippen molar-refractivity contribution in [2.45, 2.75) is 13.0 Å². The molecule has 1 amide bonds. The maximum atomic E-state index is 12.6. The molecule has 6 heteroatoms. The average Bonchev–Trinajstić information content (AvgIpc) is 2.54. The summed E-state index contributed by atoms with van der Waals surface area (Å²) in [5, 5.41) is 0. The van der Waals surface area contributed by atoms with Crippen molar-refractivity contribution >= 4 is 11.9 Å². The highest BCUT2D eigenvalue weighted by Crippen LogP contribution is 2.21. The maximum absolute atomic E-state index is 12.6. The van der Waals surface area contributed by atoms with Gasteiger partial charge in [0.05, 0.1) is 27.4 Å². The molecule has 1 saturated heterocycles. The molecule has 1 atom stereocenters. The fourth-order valence-corrected chi connectivity index (χ4v) is 2.30. The molecular formula is C15H19NO5. The molecule has 0 radical (unpaired) electrons. The quantitative estimate of drug-likeness (QED) is 0.778. The minimum Gasteiger partial charge on any atom is -0.496 e. The topological polar surface area (TPSA) is 65.1 Å². The van der Waals surface area contributed by atoms with Crippen LogP contribution in [0.1, 0.15) is 15.9 Å². The van der Waals surface area contributed by atoms with Crippen LogP contribution in [-0.2, 0) is 14.3 Å². The maximum Gasteiger partial charge on any atom is 0.331 e. The zero-order valence-corrected chi connectivity index (χ0v) is 12.4. The predicted molar refractivity (Wildman–Crippen MR) is 75.4 cm³/mol. The number of methoxy groups -OCH3 is 2. The number of aryl methyl sites for hydroxylation is 1. The Morgan fingerprint density at radius 2 is 2.10 bits per heavy atom. The van der Waals surface area contributed by atoms with Gasteiger partial charge in [-0.25, -0.2) is 4.79 Å². The first-order valence-electron chi connectivity index (χ1n) is 6.69. The third-order valence-electron chi connectivity index (χ3n) is 3.52. The van der Waals surface area contributed by atoms with Crippen LogP contribution in [0.25, 0.3) is 0 Å². The molecule has 1 heterocycles. The Morgan fingerprint density at radius 1 is 1.33 bits per heavy atom. The highest BCUT2D eigenvalue weighted by molar-refractivity contribution is 5.97. The van der Waals surface area contributed by atoms with E-state index in [0.29, 0.717) is 24.5 Å². The Kier molecular flexibility index (Phi) is 4.80. The molecule has 0 saturated carbocycles. The number of hydrogen-bond acceptors (Lipinski definition) is 5. The van der Waals surface area contributed by atoms with Gasteiger partial charge in [0, 0.05) is 12.1 Å². The van der Waals surface area contributed by atoms with Gasteiger partial charge < -0.3 is 19.1 Å². The molecule has 1 aromatic rings. The van der Waals surface area contributed by atoms with Gasteiger partial charge in [-0.3, -0.25) is 4.79 Å². The van der Waals surface area contributed by atoms with Crippen molar-refractivity contribution in [3.8, 4) is 5.75 Å². The average molecular weight is 293 g/mol. The third-order valence-corrected chi connectivity index (χ3v) is 3.52. The van der Waals surface area contributed by atoms with Crippen LogP contribution in [0.5, 0.6) is 5.75 Å². The molecule has 0 spiro atoms. The Labute approximate surface area is 123 Å². The van der Waals surface area contributed by atoms with Gasteiger partial charge in [-0.15, -0.1) is 0 Å². The van der Waals surface area contributed by atoms with E-state index in [1.54, 1.807) is 19.2 Å². The largest absolute Gasteiger partial charge is 0.496 e. The van der Waals surface area contributed by atoms with Gasteiger partial charge in [0.2, 0.25) is 0 Å². The summed E-state index contributed by atoms with van der Waals surface area (Å²) in [5.41, 5.74) is 1.42. The van der Waals surface area contributed by atoms with E-state index < -0.39 is 12.0 Å². The number of morpholine rings is 1. The molecule has 0 aromatic heterocycles. The van der Waals surface area contributed by atoms with Crippen LogP contribution in [0.15, 0.2) is 18.2 Å². The number of amides is 1. The minimum absolute atomic E-state index is 0.154. The number of hydrogen-bond donors (Lipinski definition) is 0. The molecule has 1 aliphatic heterocycles. The van der Waals surface area contributed by atoms with E-state index in [1.165, 1.54) is 12.0 Å². The standard InChI is InChI=1S/C15H19NO5/c1-10-4-5-11(8-13(10)19-2)14(17)16-6-7-21-9-12(16)15(18)20-3/h4-5,8,12H,6-7,9H2,1-3H3. The van der Waals surface area contributed by atoms with Crippen molar-refractivity contribution in [1.82, 2.24) is 4.90 Å². The van der Waals surface area contributed by atoms with E-state index in [4.69, 9.17) is 14.2 Å². The fraction of sp³-hybridized carbons (Fsp3) is 0.467. The van der Waals surface area contributed by atoms with Gasteiger partial charge in [-0.1, -0.05) is 6.07 Å². The van der Waals surface area contributed by atoms with Crippen LogP contribution in [0, 0.1) is 6.92 Å². The number of esters is 1. The Hall–Kier alpha value is -2.08. The van der Waals surface area contributed by atoms with Crippen LogP contribution in [0.2, 0.25) is 0 Å². The van der Waals surface area contributed by atoms with E-state index >= 15 is 0 Å². The van der Waals surface area contributed by atoms with Gasteiger partial charge >= 0.3 is 5.97 Å². The van der Waals surface area contributed by atoms with Gasteiger partial charge in [0.25, 0.3) is 5.91 Å². The monoisotopic (exact) mass is 293 g/mol. The van der Waals surface area contributed by atoms with E-state index in [9.17, 15) is 9.59 Å². The molecule has 1 unspecified atom stereocenters. The lowest BCUT2D eigenvalue weighted by molar-refractivity contribution is -0.151. The second-order valence-corrected chi connectivity index (χ2v) is 4.80. The summed E-state index contributed by atoms with van der Waals surface area (Å²) in [6, 6.07) is 4.52. The highest BCUT2D eigenvalue weighted by atomic mass is 16.5. The normalized spacial score (nSPS) is 18.2. The molecule has 0 N–H and O–H groups in total. The lowest BCUT2D eigenvalue weighted by atomic mass is 10.1. The zero-order valence-electron chi connectivity index (χ0n) is 12.4. The first-order valence-corrected chi connectivity index (χ1v) is 6.69. The Morgan fingerprint density at radius 3 is 2.76 bits per heavy atom.